The molecule has 3 aromatic rings. The zero-order chi connectivity index (χ0) is 15.5. The van der Waals surface area contributed by atoms with Crippen molar-refractivity contribution in [3.63, 3.8) is 0 Å². The van der Waals surface area contributed by atoms with Gasteiger partial charge in [0.1, 0.15) is 17.6 Å². The Bertz CT molecular complexity index is 810. The van der Waals surface area contributed by atoms with Crippen molar-refractivity contribution in [2.45, 2.75) is 13.3 Å². The third kappa shape index (κ3) is 2.65. The lowest BCUT2D eigenvalue weighted by Gasteiger charge is -2.22. The molecule has 2 aromatic carbocycles. The lowest BCUT2D eigenvalue weighted by molar-refractivity contribution is -0.136. The highest BCUT2D eigenvalue weighted by Crippen LogP contribution is 2.30. The fraction of sp³-hybridized carbons (Fsp3) is 0.176. The number of nitrogens with zero attached hydrogens (tertiary/aromatic N) is 2. The minimum atomic E-state index is -0.926. The number of rotatable bonds is 5. The van der Waals surface area contributed by atoms with Crippen molar-refractivity contribution in [2.24, 2.45) is 0 Å². The van der Waals surface area contributed by atoms with Crippen molar-refractivity contribution < 1.29 is 14.4 Å². The Morgan fingerprint density at radius 3 is 2.73 bits per heavy atom. The summed E-state index contributed by atoms with van der Waals surface area (Å²) >= 11 is 0. The van der Waals surface area contributed by atoms with E-state index in [1.54, 1.807) is 0 Å². The third-order valence-electron chi connectivity index (χ3n) is 3.59. The van der Waals surface area contributed by atoms with Crippen molar-refractivity contribution in [1.82, 2.24) is 5.16 Å². The van der Waals surface area contributed by atoms with E-state index in [2.05, 4.69) is 29.4 Å². The summed E-state index contributed by atoms with van der Waals surface area (Å²) in [4.78, 5) is 12.9. The number of carbonyl (C=O) groups is 1. The van der Waals surface area contributed by atoms with Crippen molar-refractivity contribution in [3.8, 4) is 0 Å². The summed E-state index contributed by atoms with van der Waals surface area (Å²) < 4.78 is 4.98. The van der Waals surface area contributed by atoms with Crippen LogP contribution in [0.4, 0.5) is 11.4 Å². The molecule has 0 aliphatic rings. The minimum Gasteiger partial charge on any atom is -0.481 e. The quantitative estimate of drug-likeness (QED) is 0.779. The van der Waals surface area contributed by atoms with E-state index in [4.69, 9.17) is 9.63 Å². The van der Waals surface area contributed by atoms with E-state index >= 15 is 0 Å². The Morgan fingerprint density at radius 2 is 2.00 bits per heavy atom. The van der Waals surface area contributed by atoms with Crippen LogP contribution in [0.1, 0.15) is 12.6 Å². The minimum absolute atomic E-state index is 0.157. The number of anilines is 2. The Hall–Kier alpha value is -2.82. The molecule has 1 heterocycles. The molecule has 0 atom stereocenters. The first-order chi connectivity index (χ1) is 10.7. The van der Waals surface area contributed by atoms with Crippen molar-refractivity contribution in [1.29, 1.82) is 0 Å². The van der Waals surface area contributed by atoms with Gasteiger partial charge < -0.3 is 14.5 Å². The van der Waals surface area contributed by atoms with Gasteiger partial charge in [-0.15, -0.1) is 0 Å². The van der Waals surface area contributed by atoms with Crippen LogP contribution in [0.15, 0.2) is 53.3 Å². The Morgan fingerprint density at radius 1 is 1.23 bits per heavy atom. The number of benzene rings is 2. The number of fused-ring (bicyclic) bond motifs is 1. The summed E-state index contributed by atoms with van der Waals surface area (Å²) in [7, 11) is 0. The fourth-order valence-corrected chi connectivity index (χ4v) is 2.58. The second-order valence-electron chi connectivity index (χ2n) is 4.99. The lowest BCUT2D eigenvalue weighted by Crippen LogP contribution is -2.17. The van der Waals surface area contributed by atoms with Gasteiger partial charge in [-0.3, -0.25) is 4.79 Å². The molecule has 0 amide bonds. The van der Waals surface area contributed by atoms with Crippen LogP contribution in [0.2, 0.25) is 0 Å². The third-order valence-corrected chi connectivity index (χ3v) is 3.59. The molecule has 112 valence electrons. The second kappa shape index (κ2) is 5.89. The molecule has 5 nitrogen and oxygen atoms in total. The number of hydrogen-bond acceptors (Lipinski definition) is 4. The van der Waals surface area contributed by atoms with Gasteiger partial charge in [0.15, 0.2) is 0 Å². The summed E-state index contributed by atoms with van der Waals surface area (Å²) in [6, 6.07) is 14.3. The second-order valence-corrected chi connectivity index (χ2v) is 4.99. The first-order valence-corrected chi connectivity index (χ1v) is 7.10. The highest BCUT2D eigenvalue weighted by molar-refractivity contribution is 5.87. The molecule has 0 bridgehead atoms. The van der Waals surface area contributed by atoms with Crippen LogP contribution in [0.25, 0.3) is 10.8 Å². The van der Waals surface area contributed by atoms with Crippen LogP contribution in [-0.2, 0) is 11.2 Å². The van der Waals surface area contributed by atoms with E-state index in [9.17, 15) is 4.79 Å². The fourth-order valence-electron chi connectivity index (χ4n) is 2.58. The number of carboxylic acid groups (broad SMARTS) is 1. The van der Waals surface area contributed by atoms with Gasteiger partial charge in [-0.05, 0) is 29.8 Å². The van der Waals surface area contributed by atoms with Gasteiger partial charge >= 0.3 is 5.97 Å². The van der Waals surface area contributed by atoms with E-state index in [-0.39, 0.29) is 6.42 Å². The van der Waals surface area contributed by atoms with E-state index in [1.165, 1.54) is 11.6 Å². The van der Waals surface area contributed by atoms with E-state index < -0.39 is 5.97 Å². The molecular formula is C17H16N2O3. The average Bonchev–Trinajstić information content (AvgIpc) is 2.95. The molecule has 0 spiro atoms. The highest BCUT2D eigenvalue weighted by Gasteiger charge is 2.18. The molecule has 1 N–H and O–H groups in total. The van der Waals surface area contributed by atoms with Crippen LogP contribution < -0.4 is 4.90 Å². The summed E-state index contributed by atoms with van der Waals surface area (Å²) in [5, 5.41) is 15.1. The molecule has 0 unspecified atom stereocenters. The van der Waals surface area contributed by atoms with Gasteiger partial charge in [-0.25, -0.2) is 0 Å². The predicted molar refractivity (Wildman–Crippen MR) is 84.5 cm³/mol. The SMILES string of the molecule is CCN(c1ccc2ccccc2c1)c1conc1CC(=O)O. The monoisotopic (exact) mass is 296 g/mol. The Balaban J connectivity index is 2.02. The van der Waals surface area contributed by atoms with Crippen LogP contribution in [0.5, 0.6) is 0 Å². The number of aliphatic carboxylic acids is 1. The van der Waals surface area contributed by atoms with Gasteiger partial charge in [0.05, 0.1) is 6.42 Å². The molecule has 0 aliphatic heterocycles. The average molecular weight is 296 g/mol. The number of carboxylic acids is 1. The van der Waals surface area contributed by atoms with Crippen LogP contribution in [0, 0.1) is 0 Å². The molecule has 22 heavy (non-hydrogen) atoms. The van der Waals surface area contributed by atoms with Crippen LogP contribution in [0.3, 0.4) is 0 Å². The zero-order valence-corrected chi connectivity index (χ0v) is 12.2. The van der Waals surface area contributed by atoms with Gasteiger partial charge in [-0.1, -0.05) is 35.5 Å². The zero-order valence-electron chi connectivity index (χ0n) is 12.2. The number of aromatic nitrogens is 1. The van der Waals surface area contributed by atoms with Crippen molar-refractivity contribution in [3.05, 3.63) is 54.4 Å². The lowest BCUT2D eigenvalue weighted by atomic mass is 10.1. The van der Waals surface area contributed by atoms with E-state index in [0.717, 1.165) is 11.1 Å². The normalized spacial score (nSPS) is 10.8. The summed E-state index contributed by atoms with van der Waals surface area (Å²) in [5.41, 5.74) is 2.11. The summed E-state index contributed by atoms with van der Waals surface area (Å²) in [6.07, 6.45) is 1.34. The molecular weight excluding hydrogens is 280 g/mol. The Labute approximate surface area is 127 Å². The maximum Gasteiger partial charge on any atom is 0.309 e. The molecule has 1 aromatic heterocycles. The van der Waals surface area contributed by atoms with Crippen molar-refractivity contribution in [2.75, 3.05) is 11.4 Å². The molecule has 3 rings (SSSR count). The topological polar surface area (TPSA) is 66.6 Å². The van der Waals surface area contributed by atoms with Gasteiger partial charge in [-0.2, -0.15) is 0 Å². The van der Waals surface area contributed by atoms with Crippen molar-refractivity contribution >= 4 is 28.1 Å². The van der Waals surface area contributed by atoms with Gasteiger partial charge in [0.2, 0.25) is 0 Å². The first-order valence-electron chi connectivity index (χ1n) is 7.10. The van der Waals surface area contributed by atoms with E-state index in [0.29, 0.717) is 17.9 Å². The number of hydrogen-bond donors (Lipinski definition) is 1. The summed E-state index contributed by atoms with van der Waals surface area (Å²) in [6.45, 7) is 2.69. The molecule has 0 saturated heterocycles. The molecule has 0 radical (unpaired) electrons. The first kappa shape index (κ1) is 14.1. The highest BCUT2D eigenvalue weighted by atomic mass is 16.5. The van der Waals surface area contributed by atoms with Crippen LogP contribution in [-0.4, -0.2) is 22.8 Å². The largest absolute Gasteiger partial charge is 0.481 e. The molecule has 0 saturated carbocycles. The maximum atomic E-state index is 10.9. The smallest absolute Gasteiger partial charge is 0.309 e. The maximum absolute atomic E-state index is 10.9. The van der Waals surface area contributed by atoms with Crippen LogP contribution >= 0.6 is 0 Å². The molecule has 0 fully saturated rings. The molecule has 5 heteroatoms. The predicted octanol–water partition coefficient (Wildman–Crippen LogP) is 3.61. The summed E-state index contributed by atoms with van der Waals surface area (Å²) in [5.74, 6) is -0.926. The molecule has 0 aliphatic carbocycles. The Kier molecular flexibility index (Phi) is 3.78. The van der Waals surface area contributed by atoms with Gasteiger partial charge in [0, 0.05) is 12.2 Å². The van der Waals surface area contributed by atoms with E-state index in [1.807, 2.05) is 30.0 Å². The van der Waals surface area contributed by atoms with Gasteiger partial charge in [0.25, 0.3) is 0 Å². The standard InChI is InChI=1S/C17H16N2O3/c1-2-19(16-11-22-18-15(16)10-17(20)21)14-8-7-12-5-3-4-6-13(12)9-14/h3-9,11H,2,10H2,1H3,(H,20,21).